The van der Waals surface area contributed by atoms with Crippen molar-refractivity contribution in [3.63, 3.8) is 0 Å². The number of carbonyl (C=O) groups excluding carboxylic acids is 1. The molecule has 7 heteroatoms. The molecule has 0 radical (unpaired) electrons. The predicted molar refractivity (Wildman–Crippen MR) is 76.8 cm³/mol. The first-order valence-electron chi connectivity index (χ1n) is 6.45. The SMILES string of the molecule is CCN(C(=O)c1ccc([N+](=O)[O-])cc1F)c1ccc(F)cc1. The molecule has 22 heavy (non-hydrogen) atoms. The highest BCUT2D eigenvalue weighted by atomic mass is 19.1. The lowest BCUT2D eigenvalue weighted by Crippen LogP contribution is -2.31. The Balaban J connectivity index is 2.36. The first kappa shape index (κ1) is 15.6. The minimum atomic E-state index is -0.972. The highest BCUT2D eigenvalue weighted by molar-refractivity contribution is 6.06. The van der Waals surface area contributed by atoms with Crippen LogP contribution in [0.1, 0.15) is 17.3 Å². The molecule has 2 aromatic carbocycles. The van der Waals surface area contributed by atoms with Crippen LogP contribution in [0.25, 0.3) is 0 Å². The second-order valence-electron chi connectivity index (χ2n) is 4.45. The van der Waals surface area contributed by atoms with E-state index in [1.807, 2.05) is 0 Å². The minimum Gasteiger partial charge on any atom is -0.309 e. The summed E-state index contributed by atoms with van der Waals surface area (Å²) in [6, 6.07) is 8.03. The molecule has 0 aliphatic heterocycles. The van der Waals surface area contributed by atoms with Crippen molar-refractivity contribution in [2.24, 2.45) is 0 Å². The summed E-state index contributed by atoms with van der Waals surface area (Å²) in [5, 5.41) is 10.6. The van der Waals surface area contributed by atoms with Crippen LogP contribution in [0.15, 0.2) is 42.5 Å². The summed E-state index contributed by atoms with van der Waals surface area (Å²) in [4.78, 5) is 23.5. The molecule has 0 unspecified atom stereocenters. The van der Waals surface area contributed by atoms with Gasteiger partial charge in [-0.05, 0) is 37.3 Å². The molecule has 0 aliphatic carbocycles. The van der Waals surface area contributed by atoms with E-state index < -0.39 is 28.2 Å². The van der Waals surface area contributed by atoms with Gasteiger partial charge in [0, 0.05) is 18.3 Å². The van der Waals surface area contributed by atoms with Crippen molar-refractivity contribution in [3.8, 4) is 0 Å². The molecule has 0 bridgehead atoms. The molecule has 0 atom stereocenters. The topological polar surface area (TPSA) is 63.5 Å². The Kier molecular flexibility index (Phi) is 4.45. The number of carbonyl (C=O) groups is 1. The average molecular weight is 306 g/mol. The van der Waals surface area contributed by atoms with Gasteiger partial charge in [-0.15, -0.1) is 0 Å². The third-order valence-corrected chi connectivity index (χ3v) is 3.09. The van der Waals surface area contributed by atoms with E-state index in [4.69, 9.17) is 0 Å². The summed E-state index contributed by atoms with van der Waals surface area (Å²) in [6.45, 7) is 1.92. The quantitative estimate of drug-likeness (QED) is 0.641. The van der Waals surface area contributed by atoms with Gasteiger partial charge in [0.25, 0.3) is 11.6 Å². The molecule has 0 spiro atoms. The van der Waals surface area contributed by atoms with Crippen molar-refractivity contribution in [3.05, 3.63) is 69.8 Å². The van der Waals surface area contributed by atoms with E-state index in [-0.39, 0.29) is 12.1 Å². The van der Waals surface area contributed by atoms with Gasteiger partial charge < -0.3 is 4.90 Å². The van der Waals surface area contributed by atoms with E-state index in [0.29, 0.717) is 11.8 Å². The number of halogens is 2. The maximum atomic E-state index is 13.9. The normalized spacial score (nSPS) is 10.3. The number of amides is 1. The Morgan fingerprint density at radius 1 is 1.18 bits per heavy atom. The monoisotopic (exact) mass is 306 g/mol. The number of nitro benzene ring substituents is 1. The maximum absolute atomic E-state index is 13.9. The molecule has 0 N–H and O–H groups in total. The van der Waals surface area contributed by atoms with Crippen LogP contribution in [0.5, 0.6) is 0 Å². The summed E-state index contributed by atoms with van der Waals surface area (Å²) in [5.74, 6) is -2.07. The zero-order valence-electron chi connectivity index (χ0n) is 11.6. The van der Waals surface area contributed by atoms with Gasteiger partial charge in [-0.1, -0.05) is 0 Å². The molecule has 0 heterocycles. The predicted octanol–water partition coefficient (Wildman–Crippen LogP) is 3.54. The van der Waals surface area contributed by atoms with Crippen LogP contribution in [-0.4, -0.2) is 17.4 Å². The fraction of sp³-hybridized carbons (Fsp3) is 0.133. The van der Waals surface area contributed by atoms with Crippen molar-refractivity contribution >= 4 is 17.3 Å². The Bertz CT molecular complexity index is 717. The number of nitro groups is 1. The van der Waals surface area contributed by atoms with Crippen LogP contribution in [0.3, 0.4) is 0 Å². The molecule has 0 aromatic heterocycles. The summed E-state index contributed by atoms with van der Waals surface area (Å²) in [7, 11) is 0. The van der Waals surface area contributed by atoms with Crippen LogP contribution in [0.2, 0.25) is 0 Å². The van der Waals surface area contributed by atoms with Crippen LogP contribution in [0, 0.1) is 21.7 Å². The molecular formula is C15H12F2N2O3. The standard InChI is InChI=1S/C15H12F2N2O3/c1-2-18(11-5-3-10(16)4-6-11)15(20)13-8-7-12(19(21)22)9-14(13)17/h3-9H,2H2,1H3. The Morgan fingerprint density at radius 2 is 1.82 bits per heavy atom. The molecule has 0 aliphatic rings. The second kappa shape index (κ2) is 6.30. The number of hydrogen-bond acceptors (Lipinski definition) is 3. The van der Waals surface area contributed by atoms with Crippen molar-refractivity contribution < 1.29 is 18.5 Å². The maximum Gasteiger partial charge on any atom is 0.272 e. The van der Waals surface area contributed by atoms with Gasteiger partial charge in [0.15, 0.2) is 0 Å². The van der Waals surface area contributed by atoms with Gasteiger partial charge in [0.1, 0.15) is 11.6 Å². The highest BCUT2D eigenvalue weighted by Crippen LogP contribution is 2.21. The van der Waals surface area contributed by atoms with Crippen molar-refractivity contribution in [1.29, 1.82) is 0 Å². The number of non-ortho nitro benzene ring substituents is 1. The lowest BCUT2D eigenvalue weighted by Gasteiger charge is -2.21. The van der Waals surface area contributed by atoms with E-state index in [0.717, 1.165) is 12.1 Å². The number of anilines is 1. The fourth-order valence-corrected chi connectivity index (χ4v) is 2.00. The highest BCUT2D eigenvalue weighted by Gasteiger charge is 2.21. The molecule has 0 saturated carbocycles. The zero-order valence-corrected chi connectivity index (χ0v) is 11.6. The first-order valence-corrected chi connectivity index (χ1v) is 6.45. The van der Waals surface area contributed by atoms with E-state index in [1.165, 1.54) is 29.2 Å². The largest absolute Gasteiger partial charge is 0.309 e. The third-order valence-electron chi connectivity index (χ3n) is 3.09. The smallest absolute Gasteiger partial charge is 0.272 e. The van der Waals surface area contributed by atoms with Crippen LogP contribution in [0.4, 0.5) is 20.2 Å². The number of hydrogen-bond donors (Lipinski definition) is 0. The molecule has 5 nitrogen and oxygen atoms in total. The van der Waals surface area contributed by atoms with E-state index in [9.17, 15) is 23.7 Å². The van der Waals surface area contributed by atoms with Gasteiger partial charge in [-0.3, -0.25) is 14.9 Å². The average Bonchev–Trinajstić information content (AvgIpc) is 2.49. The Labute approximate surface area is 124 Å². The molecule has 0 saturated heterocycles. The molecule has 114 valence electrons. The van der Waals surface area contributed by atoms with E-state index >= 15 is 0 Å². The van der Waals surface area contributed by atoms with Gasteiger partial charge in [0.05, 0.1) is 16.6 Å². The number of benzene rings is 2. The number of rotatable bonds is 4. The molecule has 0 fully saturated rings. The summed E-state index contributed by atoms with van der Waals surface area (Å²) < 4.78 is 26.9. The van der Waals surface area contributed by atoms with Gasteiger partial charge in [-0.25, -0.2) is 8.78 Å². The van der Waals surface area contributed by atoms with Crippen LogP contribution < -0.4 is 4.90 Å². The van der Waals surface area contributed by atoms with E-state index in [1.54, 1.807) is 6.92 Å². The summed E-state index contributed by atoms with van der Waals surface area (Å²) >= 11 is 0. The lowest BCUT2D eigenvalue weighted by atomic mass is 10.1. The van der Waals surface area contributed by atoms with E-state index in [2.05, 4.69) is 0 Å². The van der Waals surface area contributed by atoms with Crippen molar-refractivity contribution in [1.82, 2.24) is 0 Å². The third kappa shape index (κ3) is 3.08. The zero-order chi connectivity index (χ0) is 16.3. The summed E-state index contributed by atoms with van der Waals surface area (Å²) in [5.41, 5.74) is -0.303. The van der Waals surface area contributed by atoms with Crippen LogP contribution in [-0.2, 0) is 0 Å². The Hall–Kier alpha value is -2.83. The fourth-order valence-electron chi connectivity index (χ4n) is 2.00. The molecular weight excluding hydrogens is 294 g/mol. The minimum absolute atomic E-state index is 0.237. The molecule has 1 amide bonds. The van der Waals surface area contributed by atoms with Gasteiger partial charge in [-0.2, -0.15) is 0 Å². The number of nitrogens with zero attached hydrogens (tertiary/aromatic N) is 2. The summed E-state index contributed by atoms with van der Waals surface area (Å²) in [6.07, 6.45) is 0. The van der Waals surface area contributed by atoms with Crippen LogP contribution >= 0.6 is 0 Å². The Morgan fingerprint density at radius 3 is 2.32 bits per heavy atom. The molecule has 2 aromatic rings. The second-order valence-corrected chi connectivity index (χ2v) is 4.45. The van der Waals surface area contributed by atoms with Gasteiger partial charge >= 0.3 is 0 Å². The van der Waals surface area contributed by atoms with Crippen molar-refractivity contribution in [2.45, 2.75) is 6.92 Å². The molecule has 2 rings (SSSR count). The van der Waals surface area contributed by atoms with Crippen molar-refractivity contribution in [2.75, 3.05) is 11.4 Å². The van der Waals surface area contributed by atoms with Gasteiger partial charge in [0.2, 0.25) is 0 Å². The first-order chi connectivity index (χ1) is 10.4. The lowest BCUT2D eigenvalue weighted by molar-refractivity contribution is -0.385.